The minimum absolute atomic E-state index is 0.243. The second kappa shape index (κ2) is 10.7. The third kappa shape index (κ3) is 9.25. The molecule has 1 aromatic carbocycles. The summed E-state index contributed by atoms with van der Waals surface area (Å²) in [5.41, 5.74) is 0.225. The monoisotopic (exact) mass is 378 g/mol. The number of amides is 1. The van der Waals surface area contributed by atoms with Crippen LogP contribution in [0.3, 0.4) is 0 Å². The van der Waals surface area contributed by atoms with E-state index in [1.165, 1.54) is 0 Å². The van der Waals surface area contributed by atoms with Crippen LogP contribution in [0.15, 0.2) is 30.3 Å². The molecule has 0 saturated heterocycles. The summed E-state index contributed by atoms with van der Waals surface area (Å²) in [5, 5.41) is 13.8. The quantitative estimate of drug-likeness (QED) is 0.636. The molecule has 5 heteroatoms. The standard InChI is InChI=1S/C22H38N2O3/c1-7-8-14-22(5,6)24(20(26)27-21(2,3)4)17-19(25)16-23-15-18-12-10-9-11-13-18/h9-13,19,23,25H,7-8,14-17H2,1-6H3/t19-/m0/s1. The molecule has 0 spiro atoms. The van der Waals surface area contributed by atoms with Gasteiger partial charge in [0.25, 0.3) is 0 Å². The zero-order chi connectivity index (χ0) is 20.5. The Bertz CT molecular complexity index is 552. The lowest BCUT2D eigenvalue weighted by Crippen LogP contribution is -2.53. The summed E-state index contributed by atoms with van der Waals surface area (Å²) in [6.07, 6.45) is 1.92. The molecule has 1 amide bonds. The van der Waals surface area contributed by atoms with Crippen molar-refractivity contribution >= 4 is 6.09 Å². The maximum absolute atomic E-state index is 12.8. The Balaban J connectivity index is 2.69. The van der Waals surface area contributed by atoms with Gasteiger partial charge in [0.2, 0.25) is 0 Å². The highest BCUT2D eigenvalue weighted by molar-refractivity contribution is 5.69. The maximum atomic E-state index is 12.8. The van der Waals surface area contributed by atoms with Crippen molar-refractivity contribution in [3.63, 3.8) is 0 Å². The summed E-state index contributed by atoms with van der Waals surface area (Å²) < 4.78 is 5.60. The van der Waals surface area contributed by atoms with Gasteiger partial charge in [-0.2, -0.15) is 0 Å². The molecule has 0 aliphatic rings. The highest BCUT2D eigenvalue weighted by Gasteiger charge is 2.34. The molecule has 0 aromatic heterocycles. The van der Waals surface area contributed by atoms with E-state index in [0.717, 1.165) is 24.8 Å². The average molecular weight is 379 g/mol. The molecule has 27 heavy (non-hydrogen) atoms. The van der Waals surface area contributed by atoms with Crippen LogP contribution < -0.4 is 5.32 Å². The number of nitrogens with one attached hydrogen (secondary N) is 1. The number of β-amino-alcohol motifs (C(OH)–C–C–N with tert-alkyl or cyclic N) is 1. The van der Waals surface area contributed by atoms with E-state index in [1.54, 1.807) is 4.90 Å². The molecule has 1 aromatic rings. The molecular formula is C22H38N2O3. The van der Waals surface area contributed by atoms with E-state index in [-0.39, 0.29) is 18.2 Å². The lowest BCUT2D eigenvalue weighted by Gasteiger charge is -2.40. The summed E-state index contributed by atoms with van der Waals surface area (Å²) in [5.74, 6) is 0. The van der Waals surface area contributed by atoms with Crippen LogP contribution in [0, 0.1) is 0 Å². The molecule has 0 bridgehead atoms. The number of nitrogens with zero attached hydrogens (tertiary/aromatic N) is 1. The maximum Gasteiger partial charge on any atom is 0.410 e. The first-order valence-electron chi connectivity index (χ1n) is 9.98. The summed E-state index contributed by atoms with van der Waals surface area (Å²) >= 11 is 0. The molecular weight excluding hydrogens is 340 g/mol. The van der Waals surface area contributed by atoms with E-state index >= 15 is 0 Å². The van der Waals surface area contributed by atoms with Gasteiger partial charge in [0.05, 0.1) is 12.6 Å². The predicted octanol–water partition coefficient (Wildman–Crippen LogP) is 4.34. The topological polar surface area (TPSA) is 61.8 Å². The summed E-state index contributed by atoms with van der Waals surface area (Å²) in [6, 6.07) is 10.1. The Kier molecular flexibility index (Phi) is 9.27. The molecule has 2 N–H and O–H groups in total. The molecule has 1 atom stereocenters. The smallest absolute Gasteiger partial charge is 0.410 e. The summed E-state index contributed by atoms with van der Waals surface area (Å²) in [4.78, 5) is 14.5. The highest BCUT2D eigenvalue weighted by Crippen LogP contribution is 2.24. The van der Waals surface area contributed by atoms with E-state index < -0.39 is 11.7 Å². The number of unbranched alkanes of at least 4 members (excludes halogenated alkanes) is 1. The Hall–Kier alpha value is -1.59. The normalized spacial score (nSPS) is 13.3. The molecule has 0 unspecified atom stereocenters. The molecule has 0 aliphatic heterocycles. The van der Waals surface area contributed by atoms with Crippen molar-refractivity contribution in [2.75, 3.05) is 13.1 Å². The van der Waals surface area contributed by atoms with Gasteiger partial charge >= 0.3 is 6.09 Å². The minimum atomic E-state index is -0.665. The average Bonchev–Trinajstić information content (AvgIpc) is 2.57. The molecule has 1 rings (SSSR count). The summed E-state index contributed by atoms with van der Waals surface area (Å²) in [6.45, 7) is 13.1. The zero-order valence-electron chi connectivity index (χ0n) is 17.9. The second-order valence-corrected chi connectivity index (χ2v) is 8.78. The number of hydrogen-bond acceptors (Lipinski definition) is 4. The lowest BCUT2D eigenvalue weighted by molar-refractivity contribution is -0.0130. The lowest BCUT2D eigenvalue weighted by atomic mass is 9.95. The molecule has 154 valence electrons. The van der Waals surface area contributed by atoms with Gasteiger partial charge in [-0.3, -0.25) is 0 Å². The molecule has 0 aliphatic carbocycles. The van der Waals surface area contributed by atoms with Gasteiger partial charge in [0, 0.05) is 18.6 Å². The van der Waals surface area contributed by atoms with Crippen molar-refractivity contribution in [1.29, 1.82) is 0 Å². The van der Waals surface area contributed by atoms with E-state index in [4.69, 9.17) is 4.74 Å². The number of carbonyl (C=O) groups is 1. The SMILES string of the molecule is CCCCC(C)(C)N(C[C@@H](O)CNCc1ccccc1)C(=O)OC(C)(C)C. The van der Waals surface area contributed by atoms with Gasteiger partial charge in [0.15, 0.2) is 0 Å². The third-order valence-electron chi connectivity index (χ3n) is 4.43. The predicted molar refractivity (Wildman–Crippen MR) is 111 cm³/mol. The van der Waals surface area contributed by atoms with Crippen LogP contribution in [-0.2, 0) is 11.3 Å². The Morgan fingerprint density at radius 2 is 1.81 bits per heavy atom. The highest BCUT2D eigenvalue weighted by atomic mass is 16.6. The molecule has 0 radical (unpaired) electrons. The van der Waals surface area contributed by atoms with Gasteiger partial charge in [-0.15, -0.1) is 0 Å². The number of aliphatic hydroxyl groups excluding tert-OH is 1. The first-order valence-corrected chi connectivity index (χ1v) is 9.98. The molecule has 0 fully saturated rings. The van der Waals surface area contributed by atoms with Crippen molar-refractivity contribution in [2.24, 2.45) is 0 Å². The number of ether oxygens (including phenoxy) is 1. The fourth-order valence-electron chi connectivity index (χ4n) is 2.88. The molecule has 0 saturated carbocycles. The van der Waals surface area contributed by atoms with Crippen LogP contribution in [0.25, 0.3) is 0 Å². The number of aliphatic hydroxyl groups is 1. The first kappa shape index (κ1) is 23.4. The molecule has 5 nitrogen and oxygen atoms in total. The van der Waals surface area contributed by atoms with Crippen LogP contribution in [0.4, 0.5) is 4.79 Å². The number of rotatable bonds is 10. The van der Waals surface area contributed by atoms with Crippen LogP contribution in [-0.4, -0.2) is 46.4 Å². The zero-order valence-corrected chi connectivity index (χ0v) is 17.9. The van der Waals surface area contributed by atoms with E-state index in [2.05, 4.69) is 12.2 Å². The van der Waals surface area contributed by atoms with E-state index in [0.29, 0.717) is 13.1 Å². The van der Waals surface area contributed by atoms with Crippen LogP contribution in [0.5, 0.6) is 0 Å². The minimum Gasteiger partial charge on any atom is -0.444 e. The van der Waals surface area contributed by atoms with Crippen molar-refractivity contribution in [2.45, 2.75) is 84.6 Å². The van der Waals surface area contributed by atoms with Crippen molar-refractivity contribution in [3.8, 4) is 0 Å². The fourth-order valence-corrected chi connectivity index (χ4v) is 2.88. The Morgan fingerprint density at radius 1 is 1.19 bits per heavy atom. The number of hydrogen-bond donors (Lipinski definition) is 2. The van der Waals surface area contributed by atoms with Crippen LogP contribution >= 0.6 is 0 Å². The van der Waals surface area contributed by atoms with Gasteiger partial charge in [-0.1, -0.05) is 50.1 Å². The van der Waals surface area contributed by atoms with E-state index in [9.17, 15) is 9.90 Å². The Morgan fingerprint density at radius 3 is 2.37 bits per heavy atom. The van der Waals surface area contributed by atoms with Gasteiger partial charge < -0.3 is 20.1 Å². The second-order valence-electron chi connectivity index (χ2n) is 8.78. The largest absolute Gasteiger partial charge is 0.444 e. The van der Waals surface area contributed by atoms with Crippen LogP contribution in [0.2, 0.25) is 0 Å². The van der Waals surface area contributed by atoms with Crippen molar-refractivity contribution in [3.05, 3.63) is 35.9 Å². The number of carbonyl (C=O) groups excluding carboxylic acids is 1. The molecule has 0 heterocycles. The fraction of sp³-hybridized carbons (Fsp3) is 0.682. The van der Waals surface area contributed by atoms with Gasteiger partial charge in [-0.25, -0.2) is 4.79 Å². The summed E-state index contributed by atoms with van der Waals surface area (Å²) in [7, 11) is 0. The Labute approximate surface area is 165 Å². The van der Waals surface area contributed by atoms with E-state index in [1.807, 2.05) is 65.0 Å². The van der Waals surface area contributed by atoms with Gasteiger partial charge in [-0.05, 0) is 46.6 Å². The van der Waals surface area contributed by atoms with Crippen LogP contribution in [0.1, 0.15) is 66.4 Å². The number of benzene rings is 1. The van der Waals surface area contributed by atoms with Crippen molar-refractivity contribution < 1.29 is 14.6 Å². The first-order chi connectivity index (χ1) is 12.5. The van der Waals surface area contributed by atoms with Gasteiger partial charge in [0.1, 0.15) is 5.60 Å². The third-order valence-corrected chi connectivity index (χ3v) is 4.43. The van der Waals surface area contributed by atoms with Crippen molar-refractivity contribution in [1.82, 2.24) is 10.2 Å².